The van der Waals surface area contributed by atoms with E-state index in [4.69, 9.17) is 0 Å². The number of benzene rings is 1. The van der Waals surface area contributed by atoms with Gasteiger partial charge in [0.2, 0.25) is 5.91 Å². The van der Waals surface area contributed by atoms with E-state index in [0.717, 1.165) is 31.4 Å². The summed E-state index contributed by atoms with van der Waals surface area (Å²) >= 11 is 0. The summed E-state index contributed by atoms with van der Waals surface area (Å²) in [5, 5.41) is 12.2. The highest BCUT2D eigenvalue weighted by atomic mass is 19.1. The maximum atomic E-state index is 14.2. The molecule has 1 aromatic rings. The summed E-state index contributed by atoms with van der Waals surface area (Å²) in [7, 11) is 0. The van der Waals surface area contributed by atoms with Gasteiger partial charge in [0.25, 0.3) is 0 Å². The van der Waals surface area contributed by atoms with E-state index in [-0.39, 0.29) is 17.3 Å². The van der Waals surface area contributed by atoms with Crippen molar-refractivity contribution < 1.29 is 18.7 Å². The third-order valence-corrected chi connectivity index (χ3v) is 4.52. The molecule has 2 fully saturated rings. The number of nitrogens with one attached hydrogen (secondary N) is 1. The molecule has 120 valence electrons. The summed E-state index contributed by atoms with van der Waals surface area (Å²) in [5.74, 6) is -2.20. The normalized spacial score (nSPS) is 24.8. The number of halogens is 2. The van der Waals surface area contributed by atoms with Crippen molar-refractivity contribution >= 4 is 17.3 Å². The number of aliphatic hydroxyl groups excluding tert-OH is 1. The minimum atomic E-state index is -0.668. The molecule has 2 aliphatic rings. The first kappa shape index (κ1) is 15.2. The molecule has 2 N–H and O–H groups in total. The minimum Gasteiger partial charge on any atom is -0.392 e. The van der Waals surface area contributed by atoms with Gasteiger partial charge in [-0.05, 0) is 44.2 Å². The molecular weight excluding hydrogens is 290 g/mol. The average molecular weight is 310 g/mol. The van der Waals surface area contributed by atoms with Gasteiger partial charge in [-0.3, -0.25) is 4.79 Å². The van der Waals surface area contributed by atoms with Crippen molar-refractivity contribution in [3.05, 3.63) is 23.8 Å². The molecular formula is C16H20F2N2O2. The Morgan fingerprint density at radius 2 is 1.77 bits per heavy atom. The van der Waals surface area contributed by atoms with Crippen LogP contribution < -0.4 is 10.2 Å². The Kier molecular flexibility index (Phi) is 4.29. The second-order valence-corrected chi connectivity index (χ2v) is 6.08. The van der Waals surface area contributed by atoms with Gasteiger partial charge in [-0.1, -0.05) is 0 Å². The predicted octanol–water partition coefficient (Wildman–Crippen LogP) is 2.66. The van der Waals surface area contributed by atoms with Gasteiger partial charge in [-0.15, -0.1) is 0 Å². The van der Waals surface area contributed by atoms with Crippen LogP contribution in [0.2, 0.25) is 0 Å². The van der Waals surface area contributed by atoms with Gasteiger partial charge >= 0.3 is 0 Å². The van der Waals surface area contributed by atoms with Crippen LogP contribution >= 0.6 is 0 Å². The zero-order valence-corrected chi connectivity index (χ0v) is 12.3. The van der Waals surface area contributed by atoms with Crippen LogP contribution in [-0.4, -0.2) is 30.2 Å². The lowest BCUT2D eigenvalue weighted by Gasteiger charge is -2.20. The lowest BCUT2D eigenvalue weighted by atomic mass is 10.1. The van der Waals surface area contributed by atoms with Crippen LogP contribution in [0.1, 0.15) is 32.1 Å². The maximum absolute atomic E-state index is 14.2. The summed E-state index contributed by atoms with van der Waals surface area (Å²) in [6.45, 7) is 1.29. The fourth-order valence-corrected chi connectivity index (χ4v) is 3.36. The second-order valence-electron chi connectivity index (χ2n) is 6.08. The highest BCUT2D eigenvalue weighted by Gasteiger charge is 2.31. The van der Waals surface area contributed by atoms with Crippen molar-refractivity contribution in [2.45, 2.75) is 38.2 Å². The van der Waals surface area contributed by atoms with Crippen molar-refractivity contribution in [2.24, 2.45) is 5.92 Å². The van der Waals surface area contributed by atoms with E-state index in [0.29, 0.717) is 25.9 Å². The van der Waals surface area contributed by atoms with Crippen LogP contribution in [0.25, 0.3) is 0 Å². The lowest BCUT2D eigenvalue weighted by molar-refractivity contribution is -0.122. The van der Waals surface area contributed by atoms with Crippen LogP contribution in [0.5, 0.6) is 0 Å². The fraction of sp³-hybridized carbons (Fsp3) is 0.562. The topological polar surface area (TPSA) is 52.6 Å². The van der Waals surface area contributed by atoms with Gasteiger partial charge in [0.05, 0.1) is 12.0 Å². The Morgan fingerprint density at radius 1 is 1.14 bits per heavy atom. The Hall–Kier alpha value is -1.69. The SMILES string of the molecule is O=C(Nc1cc(F)c(N2CCCC2)c(F)c1)C1CCCC1O. The van der Waals surface area contributed by atoms with Gasteiger partial charge in [0.1, 0.15) is 5.69 Å². The van der Waals surface area contributed by atoms with E-state index in [1.807, 2.05) is 0 Å². The first-order chi connectivity index (χ1) is 10.6. The molecule has 1 saturated heterocycles. The van der Waals surface area contributed by atoms with Crippen LogP contribution in [0, 0.1) is 17.6 Å². The quantitative estimate of drug-likeness (QED) is 0.902. The van der Waals surface area contributed by atoms with Crippen LogP contribution in [0.4, 0.5) is 20.2 Å². The van der Waals surface area contributed by atoms with E-state index in [1.54, 1.807) is 4.90 Å². The van der Waals surface area contributed by atoms with E-state index in [2.05, 4.69) is 5.32 Å². The molecule has 3 rings (SSSR count). The minimum absolute atomic E-state index is 0.0172. The highest BCUT2D eigenvalue weighted by Crippen LogP contribution is 2.31. The van der Waals surface area contributed by atoms with Crippen LogP contribution in [-0.2, 0) is 4.79 Å². The second kappa shape index (κ2) is 6.20. The zero-order chi connectivity index (χ0) is 15.7. The average Bonchev–Trinajstić information content (AvgIpc) is 3.09. The van der Waals surface area contributed by atoms with Gasteiger partial charge in [-0.25, -0.2) is 8.78 Å². The molecule has 6 heteroatoms. The number of hydrogen-bond donors (Lipinski definition) is 2. The Balaban J connectivity index is 1.76. The predicted molar refractivity (Wildman–Crippen MR) is 79.8 cm³/mol. The molecule has 0 spiro atoms. The van der Waals surface area contributed by atoms with E-state index in [1.165, 1.54) is 0 Å². The van der Waals surface area contributed by atoms with Gasteiger partial charge < -0.3 is 15.3 Å². The number of carbonyl (C=O) groups is 1. The molecule has 22 heavy (non-hydrogen) atoms. The highest BCUT2D eigenvalue weighted by molar-refractivity contribution is 5.93. The van der Waals surface area contributed by atoms with Crippen LogP contribution in [0.3, 0.4) is 0 Å². The van der Waals surface area contributed by atoms with E-state index >= 15 is 0 Å². The molecule has 4 nitrogen and oxygen atoms in total. The third-order valence-electron chi connectivity index (χ3n) is 4.52. The summed E-state index contributed by atoms with van der Waals surface area (Å²) in [6.07, 6.45) is 3.17. The van der Waals surface area contributed by atoms with Gasteiger partial charge in [0.15, 0.2) is 11.6 Å². The molecule has 1 aliphatic carbocycles. The van der Waals surface area contributed by atoms with Crippen molar-refractivity contribution in [2.75, 3.05) is 23.3 Å². The molecule has 1 heterocycles. The van der Waals surface area contributed by atoms with Gasteiger partial charge in [-0.2, -0.15) is 0 Å². The molecule has 0 radical (unpaired) electrons. The molecule has 1 saturated carbocycles. The lowest BCUT2D eigenvalue weighted by Crippen LogP contribution is -2.29. The molecule has 1 aliphatic heterocycles. The molecule has 1 amide bonds. The number of anilines is 2. The monoisotopic (exact) mass is 310 g/mol. The first-order valence-electron chi connectivity index (χ1n) is 7.79. The van der Waals surface area contributed by atoms with Crippen molar-refractivity contribution in [3.8, 4) is 0 Å². The first-order valence-corrected chi connectivity index (χ1v) is 7.79. The van der Waals surface area contributed by atoms with Crippen LogP contribution in [0.15, 0.2) is 12.1 Å². The largest absolute Gasteiger partial charge is 0.392 e. The van der Waals surface area contributed by atoms with Crippen molar-refractivity contribution in [3.63, 3.8) is 0 Å². The molecule has 2 atom stereocenters. The molecule has 2 unspecified atom stereocenters. The summed E-state index contributed by atoms with van der Waals surface area (Å²) in [4.78, 5) is 13.8. The third kappa shape index (κ3) is 2.92. The number of hydrogen-bond acceptors (Lipinski definition) is 3. The number of rotatable bonds is 3. The van der Waals surface area contributed by atoms with E-state index in [9.17, 15) is 18.7 Å². The maximum Gasteiger partial charge on any atom is 0.230 e. The Morgan fingerprint density at radius 3 is 2.32 bits per heavy atom. The zero-order valence-electron chi connectivity index (χ0n) is 12.3. The summed E-state index contributed by atoms with van der Waals surface area (Å²) in [5.41, 5.74) is 0.0819. The van der Waals surface area contributed by atoms with Crippen molar-refractivity contribution in [1.82, 2.24) is 0 Å². The standard InChI is InChI=1S/C16H20F2N2O2/c17-12-8-10(19-16(22)11-4-3-5-14(11)21)9-13(18)15(12)20-6-1-2-7-20/h8-9,11,14,21H,1-7H2,(H,19,22). The van der Waals surface area contributed by atoms with Crippen molar-refractivity contribution in [1.29, 1.82) is 0 Å². The number of carbonyl (C=O) groups excluding carboxylic acids is 1. The summed E-state index contributed by atoms with van der Waals surface area (Å²) in [6, 6.07) is 2.30. The number of amides is 1. The fourth-order valence-electron chi connectivity index (χ4n) is 3.36. The van der Waals surface area contributed by atoms with E-state index < -0.39 is 23.7 Å². The van der Waals surface area contributed by atoms with Gasteiger partial charge in [0, 0.05) is 18.8 Å². The molecule has 1 aromatic carbocycles. The smallest absolute Gasteiger partial charge is 0.230 e. The number of aliphatic hydroxyl groups is 1. The molecule has 0 bridgehead atoms. The number of nitrogens with zero attached hydrogens (tertiary/aromatic N) is 1. The Bertz CT molecular complexity index is 550. The Labute approximate surface area is 128 Å². The summed E-state index contributed by atoms with van der Waals surface area (Å²) < 4.78 is 28.4. The molecule has 0 aromatic heterocycles.